The molecule has 0 N–H and O–H groups in total. The van der Waals surface area contributed by atoms with E-state index in [9.17, 15) is 0 Å². The van der Waals surface area contributed by atoms with Crippen LogP contribution in [0.1, 0.15) is 22.3 Å². The fraction of sp³-hybridized carbons (Fsp3) is 0.0149. The lowest BCUT2D eigenvalue weighted by molar-refractivity contribution is 0.669. The molecule has 2 aromatic heterocycles. The van der Waals surface area contributed by atoms with Crippen LogP contribution in [0, 0.1) is 0 Å². The van der Waals surface area contributed by atoms with Crippen molar-refractivity contribution >= 4 is 60.9 Å². The van der Waals surface area contributed by atoms with Crippen molar-refractivity contribution in [2.45, 2.75) is 5.41 Å². The standard InChI is InChI=1S/C67H43NO2/c1-2-15-49(16-3-1)67(61-24-8-4-18-55(61)56-19-5-9-25-62(56)67)50-17-12-14-48(42-50)46-30-28-44(29-31-46)45-32-36-51(37-33-45)68(53-40-41-59-57-20-6-10-26-63(57)69-65(59)43-53)52-38-34-47(35-39-52)54-22-13-23-60-58-21-7-11-27-64(58)70-66(54)60/h1-43H. The van der Waals surface area contributed by atoms with Gasteiger partial charge in [-0.2, -0.15) is 0 Å². The Morgan fingerprint density at radius 1 is 0.271 bits per heavy atom. The summed E-state index contributed by atoms with van der Waals surface area (Å²) in [4.78, 5) is 2.31. The van der Waals surface area contributed by atoms with Crippen LogP contribution in [0.5, 0.6) is 0 Å². The van der Waals surface area contributed by atoms with Crippen molar-refractivity contribution in [1.29, 1.82) is 0 Å². The zero-order valence-corrected chi connectivity index (χ0v) is 38.1. The number of furan rings is 2. The Morgan fingerprint density at radius 3 is 1.43 bits per heavy atom. The van der Waals surface area contributed by atoms with Crippen molar-refractivity contribution in [3.8, 4) is 44.5 Å². The third kappa shape index (κ3) is 6.22. The van der Waals surface area contributed by atoms with E-state index in [-0.39, 0.29) is 0 Å². The fourth-order valence-corrected chi connectivity index (χ4v) is 11.4. The smallest absolute Gasteiger partial charge is 0.143 e. The summed E-state index contributed by atoms with van der Waals surface area (Å²) in [7, 11) is 0. The van der Waals surface area contributed by atoms with Gasteiger partial charge in [-0.15, -0.1) is 0 Å². The van der Waals surface area contributed by atoms with Crippen LogP contribution in [-0.4, -0.2) is 0 Å². The van der Waals surface area contributed by atoms with E-state index in [1.807, 2.05) is 24.3 Å². The maximum Gasteiger partial charge on any atom is 0.143 e. The molecule has 1 aliphatic carbocycles. The molecule has 0 radical (unpaired) electrons. The van der Waals surface area contributed by atoms with Gasteiger partial charge in [0.2, 0.25) is 0 Å². The zero-order valence-electron chi connectivity index (χ0n) is 38.1. The van der Waals surface area contributed by atoms with Gasteiger partial charge in [0.25, 0.3) is 0 Å². The molecule has 13 aromatic rings. The van der Waals surface area contributed by atoms with Crippen LogP contribution < -0.4 is 4.90 Å². The Labute approximate surface area is 405 Å². The van der Waals surface area contributed by atoms with E-state index in [0.717, 1.165) is 83.2 Å². The molecule has 328 valence electrons. The van der Waals surface area contributed by atoms with Gasteiger partial charge in [-0.25, -0.2) is 0 Å². The summed E-state index contributed by atoms with van der Waals surface area (Å²) in [5.74, 6) is 0. The number of rotatable bonds is 8. The number of benzene rings is 11. The Balaban J connectivity index is 0.812. The molecule has 0 aliphatic heterocycles. The van der Waals surface area contributed by atoms with Gasteiger partial charge >= 0.3 is 0 Å². The molecule has 3 nitrogen and oxygen atoms in total. The van der Waals surface area contributed by atoms with Crippen LogP contribution in [0.4, 0.5) is 17.1 Å². The summed E-state index contributed by atoms with van der Waals surface area (Å²) < 4.78 is 12.9. The van der Waals surface area contributed by atoms with E-state index < -0.39 is 5.41 Å². The highest BCUT2D eigenvalue weighted by Crippen LogP contribution is 2.56. The molecule has 0 unspecified atom stereocenters. The monoisotopic (exact) mass is 893 g/mol. The molecule has 0 bridgehead atoms. The molecule has 1 aliphatic rings. The summed E-state index contributed by atoms with van der Waals surface area (Å²) in [5.41, 5.74) is 20.8. The van der Waals surface area contributed by atoms with Crippen LogP contribution in [0.25, 0.3) is 88.4 Å². The second-order valence-corrected chi connectivity index (χ2v) is 18.4. The van der Waals surface area contributed by atoms with E-state index in [4.69, 9.17) is 8.83 Å². The van der Waals surface area contributed by atoms with Crippen molar-refractivity contribution in [2.75, 3.05) is 4.90 Å². The minimum Gasteiger partial charge on any atom is -0.456 e. The Hall–Kier alpha value is -9.18. The molecule has 3 heteroatoms. The second kappa shape index (κ2) is 16.0. The molecule has 0 spiro atoms. The van der Waals surface area contributed by atoms with Gasteiger partial charge in [0, 0.05) is 50.2 Å². The molecule has 0 saturated heterocycles. The van der Waals surface area contributed by atoms with Gasteiger partial charge in [0.15, 0.2) is 0 Å². The molecule has 0 fully saturated rings. The van der Waals surface area contributed by atoms with Crippen molar-refractivity contribution in [1.82, 2.24) is 0 Å². The molecule has 11 aromatic carbocycles. The van der Waals surface area contributed by atoms with Crippen LogP contribution >= 0.6 is 0 Å². The Morgan fingerprint density at radius 2 is 0.743 bits per heavy atom. The van der Waals surface area contributed by atoms with Gasteiger partial charge in [-0.1, -0.05) is 200 Å². The first kappa shape index (κ1) is 39.9. The normalized spacial score (nSPS) is 12.7. The number of hydrogen-bond donors (Lipinski definition) is 0. The number of fused-ring (bicyclic) bond motifs is 9. The number of para-hydroxylation sites is 3. The topological polar surface area (TPSA) is 29.5 Å². The van der Waals surface area contributed by atoms with Crippen LogP contribution in [0.3, 0.4) is 0 Å². The molecule has 0 atom stereocenters. The third-order valence-corrected chi connectivity index (χ3v) is 14.6. The van der Waals surface area contributed by atoms with E-state index in [1.165, 1.54) is 44.5 Å². The number of hydrogen-bond acceptors (Lipinski definition) is 3. The molecule has 0 saturated carbocycles. The predicted molar refractivity (Wildman–Crippen MR) is 289 cm³/mol. The maximum atomic E-state index is 6.44. The average Bonchev–Trinajstić information content (AvgIpc) is 4.10. The van der Waals surface area contributed by atoms with Gasteiger partial charge in [0.1, 0.15) is 22.3 Å². The van der Waals surface area contributed by atoms with Gasteiger partial charge in [-0.3, -0.25) is 0 Å². The summed E-state index contributed by atoms with van der Waals surface area (Å²) in [6.45, 7) is 0. The van der Waals surface area contributed by atoms with E-state index in [1.54, 1.807) is 0 Å². The first-order chi connectivity index (χ1) is 34.7. The molecule has 0 amide bonds. The van der Waals surface area contributed by atoms with Gasteiger partial charge in [-0.05, 0) is 116 Å². The lowest BCUT2D eigenvalue weighted by Crippen LogP contribution is -2.28. The molecule has 14 rings (SSSR count). The van der Waals surface area contributed by atoms with Crippen molar-refractivity contribution in [2.24, 2.45) is 0 Å². The first-order valence-electron chi connectivity index (χ1n) is 24.0. The highest BCUT2D eigenvalue weighted by atomic mass is 16.3. The van der Waals surface area contributed by atoms with Crippen LogP contribution in [0.2, 0.25) is 0 Å². The SMILES string of the molecule is c1ccc(C2(c3cccc(-c4ccc(-c5ccc(N(c6ccc(-c7cccc8c7oc7ccccc78)cc6)c6ccc7c(c6)oc6ccccc67)cc5)cc4)c3)c3ccccc3-c3ccccc32)cc1. The largest absolute Gasteiger partial charge is 0.456 e. The molecule has 2 heterocycles. The molecule has 70 heavy (non-hydrogen) atoms. The van der Waals surface area contributed by atoms with Crippen molar-refractivity contribution in [3.63, 3.8) is 0 Å². The van der Waals surface area contributed by atoms with Crippen LogP contribution in [0.15, 0.2) is 270 Å². The van der Waals surface area contributed by atoms with E-state index in [0.29, 0.717) is 0 Å². The van der Waals surface area contributed by atoms with E-state index in [2.05, 4.69) is 241 Å². The third-order valence-electron chi connectivity index (χ3n) is 14.6. The molecular weight excluding hydrogens is 851 g/mol. The minimum absolute atomic E-state index is 0.440. The zero-order chi connectivity index (χ0) is 46.2. The highest BCUT2D eigenvalue weighted by molar-refractivity contribution is 6.10. The van der Waals surface area contributed by atoms with E-state index >= 15 is 0 Å². The average molecular weight is 894 g/mol. The highest BCUT2D eigenvalue weighted by Gasteiger charge is 2.45. The molecular formula is C67H43NO2. The summed E-state index contributed by atoms with van der Waals surface area (Å²) in [6, 6.07) is 94.2. The van der Waals surface area contributed by atoms with Gasteiger partial charge < -0.3 is 13.7 Å². The van der Waals surface area contributed by atoms with Crippen molar-refractivity contribution < 1.29 is 8.83 Å². The van der Waals surface area contributed by atoms with Gasteiger partial charge in [0.05, 0.1) is 5.41 Å². The Kier molecular flexibility index (Phi) is 9.11. The number of anilines is 3. The predicted octanol–water partition coefficient (Wildman–Crippen LogP) is 18.3. The quantitative estimate of drug-likeness (QED) is 0.152. The van der Waals surface area contributed by atoms with Crippen molar-refractivity contribution in [3.05, 3.63) is 283 Å². The summed E-state index contributed by atoms with van der Waals surface area (Å²) >= 11 is 0. The second-order valence-electron chi connectivity index (χ2n) is 18.4. The summed E-state index contributed by atoms with van der Waals surface area (Å²) in [5, 5.41) is 4.46. The van der Waals surface area contributed by atoms with Crippen LogP contribution in [-0.2, 0) is 5.41 Å². The lowest BCUT2D eigenvalue weighted by Gasteiger charge is -2.34. The fourth-order valence-electron chi connectivity index (χ4n) is 11.4. The minimum atomic E-state index is -0.440. The lowest BCUT2D eigenvalue weighted by atomic mass is 9.67. The number of nitrogens with zero attached hydrogens (tertiary/aromatic N) is 1. The first-order valence-corrected chi connectivity index (χ1v) is 24.0. The Bertz CT molecular complexity index is 4060. The maximum absolute atomic E-state index is 6.44. The summed E-state index contributed by atoms with van der Waals surface area (Å²) in [6.07, 6.45) is 0.